The molecule has 0 saturated carbocycles. The number of hydrogen-bond acceptors (Lipinski definition) is 5. The van der Waals surface area contributed by atoms with Crippen LogP contribution in [0.15, 0.2) is 30.6 Å². The van der Waals surface area contributed by atoms with Crippen molar-refractivity contribution in [3.8, 4) is 11.3 Å². The summed E-state index contributed by atoms with van der Waals surface area (Å²) in [5, 5.41) is 6.11. The molecule has 0 radical (unpaired) electrons. The second kappa shape index (κ2) is 6.94. The first-order valence-electron chi connectivity index (χ1n) is 8.49. The van der Waals surface area contributed by atoms with Gasteiger partial charge >= 0.3 is 6.18 Å². The molecule has 0 spiro atoms. The van der Waals surface area contributed by atoms with Crippen molar-refractivity contribution in [1.82, 2.24) is 29.1 Å². The summed E-state index contributed by atoms with van der Waals surface area (Å²) in [6, 6.07) is 5.04. The molecule has 0 aromatic carbocycles. The van der Waals surface area contributed by atoms with Gasteiger partial charge in [-0.25, -0.2) is 28.2 Å². The summed E-state index contributed by atoms with van der Waals surface area (Å²) in [4.78, 5) is 12.6. The van der Waals surface area contributed by atoms with Crippen molar-refractivity contribution in [2.45, 2.75) is 26.1 Å². The minimum absolute atomic E-state index is 0.175. The van der Waals surface area contributed by atoms with E-state index in [1.807, 2.05) is 0 Å². The Morgan fingerprint density at radius 1 is 1.14 bits per heavy atom. The third-order valence-electron chi connectivity index (χ3n) is 4.24. The molecule has 0 aliphatic carbocycles. The van der Waals surface area contributed by atoms with Gasteiger partial charge in [-0.05, 0) is 25.1 Å². The van der Waals surface area contributed by atoms with E-state index >= 15 is 0 Å². The van der Waals surface area contributed by atoms with Crippen LogP contribution in [0.5, 0.6) is 0 Å². The number of alkyl halides is 5. The second-order valence-electron chi connectivity index (χ2n) is 6.31. The van der Waals surface area contributed by atoms with Crippen molar-refractivity contribution >= 4 is 22.6 Å². The highest BCUT2D eigenvalue weighted by molar-refractivity contribution is 5.82. The summed E-state index contributed by atoms with van der Waals surface area (Å²) < 4.78 is 65.5. The van der Waals surface area contributed by atoms with E-state index in [0.717, 1.165) is 0 Å². The Labute approximate surface area is 160 Å². The molecule has 7 nitrogen and oxygen atoms in total. The smallest absolute Gasteiger partial charge is 0.344 e. The fourth-order valence-corrected chi connectivity index (χ4v) is 3.00. The van der Waals surface area contributed by atoms with E-state index in [1.165, 1.54) is 15.3 Å². The molecular weight excluding hydrogens is 397 g/mol. The zero-order valence-corrected chi connectivity index (χ0v) is 15.0. The number of anilines is 1. The molecule has 4 aromatic rings. The largest absolute Gasteiger partial charge is 0.405 e. The SMILES string of the molecule is Cc1nc2ccc(-c3ccn4nc(NCC(F)(F)F)ncc34)nc2n1CC(F)F. The highest BCUT2D eigenvalue weighted by Crippen LogP contribution is 2.26. The van der Waals surface area contributed by atoms with Gasteiger partial charge in [-0.3, -0.25) is 0 Å². The lowest BCUT2D eigenvalue weighted by atomic mass is 10.2. The lowest BCUT2D eigenvalue weighted by molar-refractivity contribution is -0.115. The first kappa shape index (κ1) is 19.0. The highest BCUT2D eigenvalue weighted by atomic mass is 19.4. The summed E-state index contributed by atoms with van der Waals surface area (Å²) in [6.07, 6.45) is -4.02. The van der Waals surface area contributed by atoms with Crippen LogP contribution in [0.25, 0.3) is 27.9 Å². The van der Waals surface area contributed by atoms with Crippen molar-refractivity contribution in [1.29, 1.82) is 0 Å². The number of fused-ring (bicyclic) bond motifs is 2. The number of hydrogen-bond donors (Lipinski definition) is 1. The summed E-state index contributed by atoms with van der Waals surface area (Å²) in [5.74, 6) is 0.251. The minimum atomic E-state index is -4.39. The van der Waals surface area contributed by atoms with Crippen LogP contribution in [0, 0.1) is 6.92 Å². The number of aryl methyl sites for hydroxylation is 1. The quantitative estimate of drug-likeness (QED) is 0.507. The number of pyridine rings is 1. The van der Waals surface area contributed by atoms with E-state index in [4.69, 9.17) is 0 Å². The molecule has 12 heteroatoms. The van der Waals surface area contributed by atoms with Gasteiger partial charge in [-0.1, -0.05) is 0 Å². The van der Waals surface area contributed by atoms with E-state index in [9.17, 15) is 22.0 Å². The monoisotopic (exact) mass is 411 g/mol. The van der Waals surface area contributed by atoms with E-state index in [2.05, 4.69) is 25.4 Å². The molecule has 4 aromatic heterocycles. The number of nitrogens with zero attached hydrogens (tertiary/aromatic N) is 6. The van der Waals surface area contributed by atoms with Gasteiger partial charge in [0.25, 0.3) is 6.43 Å². The van der Waals surface area contributed by atoms with E-state index in [1.54, 1.807) is 31.3 Å². The fraction of sp³-hybridized carbons (Fsp3) is 0.294. The molecule has 0 unspecified atom stereocenters. The minimum Gasteiger partial charge on any atom is -0.344 e. The van der Waals surface area contributed by atoms with Crippen molar-refractivity contribution in [2.24, 2.45) is 0 Å². The number of rotatable bonds is 5. The van der Waals surface area contributed by atoms with Crippen molar-refractivity contribution in [3.63, 3.8) is 0 Å². The molecule has 29 heavy (non-hydrogen) atoms. The predicted octanol–water partition coefficient (Wildman–Crippen LogP) is 3.69. The number of nitrogens with one attached hydrogen (secondary N) is 1. The number of halogens is 5. The molecule has 0 fully saturated rings. The van der Waals surface area contributed by atoms with E-state index in [0.29, 0.717) is 33.8 Å². The lowest BCUT2D eigenvalue weighted by Crippen LogP contribution is -2.22. The van der Waals surface area contributed by atoms with Gasteiger partial charge in [0.2, 0.25) is 5.95 Å². The molecule has 4 rings (SSSR count). The topological polar surface area (TPSA) is 72.9 Å². The Balaban J connectivity index is 1.71. The third kappa shape index (κ3) is 3.82. The van der Waals surface area contributed by atoms with Gasteiger partial charge in [0.1, 0.15) is 17.9 Å². The molecule has 0 amide bonds. The zero-order chi connectivity index (χ0) is 20.8. The summed E-state index contributed by atoms with van der Waals surface area (Å²) in [6.45, 7) is -0.147. The Morgan fingerprint density at radius 3 is 2.66 bits per heavy atom. The van der Waals surface area contributed by atoms with Gasteiger partial charge in [0.15, 0.2) is 5.65 Å². The summed E-state index contributed by atoms with van der Waals surface area (Å²) in [7, 11) is 0. The standard InChI is InChI=1S/C17H14F5N7/c1-9-25-12-3-2-11(26-15(12)28(9)7-14(18)19)10-4-5-29-13(10)6-23-16(27-29)24-8-17(20,21)22/h2-6,14H,7-8H2,1H3,(H,24,27). The fourth-order valence-electron chi connectivity index (χ4n) is 3.00. The average molecular weight is 411 g/mol. The molecule has 1 N–H and O–H groups in total. The van der Waals surface area contributed by atoms with Crippen LogP contribution in [-0.2, 0) is 6.54 Å². The zero-order valence-electron chi connectivity index (χ0n) is 15.0. The number of imidazole rings is 1. The molecule has 0 saturated heterocycles. The van der Waals surface area contributed by atoms with Gasteiger partial charge in [0.05, 0.1) is 24.0 Å². The van der Waals surface area contributed by atoms with E-state index < -0.39 is 25.7 Å². The average Bonchev–Trinajstić information content (AvgIpc) is 3.19. The van der Waals surface area contributed by atoms with Crippen LogP contribution < -0.4 is 5.32 Å². The summed E-state index contributed by atoms with van der Waals surface area (Å²) >= 11 is 0. The van der Waals surface area contributed by atoms with Crippen molar-refractivity contribution in [2.75, 3.05) is 11.9 Å². The van der Waals surface area contributed by atoms with Crippen molar-refractivity contribution in [3.05, 3.63) is 36.4 Å². The maximum Gasteiger partial charge on any atom is 0.405 e. The second-order valence-corrected chi connectivity index (χ2v) is 6.31. The van der Waals surface area contributed by atoms with Crippen LogP contribution in [0.2, 0.25) is 0 Å². The Bertz CT molecular complexity index is 1180. The predicted molar refractivity (Wildman–Crippen MR) is 94.8 cm³/mol. The van der Waals surface area contributed by atoms with Gasteiger partial charge < -0.3 is 9.88 Å². The molecule has 0 aliphatic rings. The van der Waals surface area contributed by atoms with Crippen LogP contribution in [0.4, 0.5) is 27.9 Å². The van der Waals surface area contributed by atoms with Crippen LogP contribution in [-0.4, -0.2) is 48.3 Å². The Kier molecular flexibility index (Phi) is 4.55. The lowest BCUT2D eigenvalue weighted by Gasteiger charge is -2.08. The van der Waals surface area contributed by atoms with E-state index in [-0.39, 0.29) is 5.95 Å². The first-order chi connectivity index (χ1) is 13.7. The van der Waals surface area contributed by atoms with Crippen molar-refractivity contribution < 1.29 is 22.0 Å². The molecule has 4 heterocycles. The highest BCUT2D eigenvalue weighted by Gasteiger charge is 2.27. The maximum absolute atomic E-state index is 12.9. The number of aromatic nitrogens is 6. The molecule has 0 aliphatic heterocycles. The van der Waals surface area contributed by atoms with Gasteiger partial charge in [0, 0.05) is 11.8 Å². The van der Waals surface area contributed by atoms with Gasteiger partial charge in [-0.2, -0.15) is 13.2 Å². The molecule has 152 valence electrons. The van der Waals surface area contributed by atoms with Crippen LogP contribution in [0.3, 0.4) is 0 Å². The maximum atomic E-state index is 12.9. The molecule has 0 atom stereocenters. The van der Waals surface area contributed by atoms with Crippen LogP contribution in [0.1, 0.15) is 5.82 Å². The Morgan fingerprint density at radius 2 is 1.93 bits per heavy atom. The third-order valence-corrected chi connectivity index (χ3v) is 4.24. The molecular formula is C17H14F5N7. The Hall–Kier alpha value is -3.31. The summed E-state index contributed by atoms with van der Waals surface area (Å²) in [5.41, 5.74) is 2.41. The molecule has 0 bridgehead atoms. The van der Waals surface area contributed by atoms with Crippen LogP contribution >= 0.6 is 0 Å². The normalized spacial score (nSPS) is 12.4. The van der Waals surface area contributed by atoms with Gasteiger partial charge in [-0.15, -0.1) is 5.10 Å². The first-order valence-corrected chi connectivity index (χ1v) is 8.49.